The molecule has 1 aromatic carbocycles. The van der Waals surface area contributed by atoms with E-state index in [0.29, 0.717) is 5.88 Å². The predicted molar refractivity (Wildman–Crippen MR) is 96.0 cm³/mol. The number of nitrogens with zero attached hydrogens (tertiary/aromatic N) is 5. The molecule has 0 unspecified atom stereocenters. The fourth-order valence-electron chi connectivity index (χ4n) is 2.32. The molecule has 0 bridgehead atoms. The number of hydrogen-bond donors (Lipinski definition) is 0. The number of rotatable bonds is 6. The summed E-state index contributed by atoms with van der Waals surface area (Å²) in [5.74, 6) is 2.12. The summed E-state index contributed by atoms with van der Waals surface area (Å²) in [6.45, 7) is 0. The molecule has 0 atom stereocenters. The molecule has 0 N–H and O–H groups in total. The summed E-state index contributed by atoms with van der Waals surface area (Å²) in [5.41, 5.74) is 2.03. The van der Waals surface area contributed by atoms with E-state index in [2.05, 4.69) is 39.6 Å². The molecular formula is C17H19N5OS. The third-order valence-electron chi connectivity index (χ3n) is 3.48. The van der Waals surface area contributed by atoms with Gasteiger partial charge in [-0.1, -0.05) is 54.2 Å². The van der Waals surface area contributed by atoms with Crippen LogP contribution in [0.1, 0.15) is 5.56 Å². The second-order valence-electron chi connectivity index (χ2n) is 5.21. The fourth-order valence-corrected chi connectivity index (χ4v) is 3.04. The Morgan fingerprint density at radius 3 is 2.71 bits per heavy atom. The summed E-state index contributed by atoms with van der Waals surface area (Å²) in [5, 5.41) is 13.7. The average molecular weight is 341 g/mol. The SMILES string of the molecule is COc1nn(C)cc1-c1nnc(SC/C=C/c2ccccc2)n1C. The van der Waals surface area contributed by atoms with Crippen LogP contribution in [-0.2, 0) is 14.1 Å². The third-order valence-corrected chi connectivity index (χ3v) is 4.46. The van der Waals surface area contributed by atoms with E-state index in [-0.39, 0.29) is 0 Å². The van der Waals surface area contributed by atoms with Crippen molar-refractivity contribution in [3.8, 4) is 17.3 Å². The highest BCUT2D eigenvalue weighted by Crippen LogP contribution is 2.28. The van der Waals surface area contributed by atoms with Gasteiger partial charge in [0.1, 0.15) is 5.56 Å². The Morgan fingerprint density at radius 1 is 1.17 bits per heavy atom. The van der Waals surface area contributed by atoms with Gasteiger partial charge in [-0.25, -0.2) is 0 Å². The predicted octanol–water partition coefficient (Wildman–Crippen LogP) is 3.03. The lowest BCUT2D eigenvalue weighted by Crippen LogP contribution is -1.96. The van der Waals surface area contributed by atoms with Crippen LogP contribution in [0.25, 0.3) is 17.5 Å². The van der Waals surface area contributed by atoms with E-state index in [9.17, 15) is 0 Å². The van der Waals surface area contributed by atoms with Gasteiger partial charge in [0.25, 0.3) is 0 Å². The zero-order valence-corrected chi connectivity index (χ0v) is 14.7. The highest BCUT2D eigenvalue weighted by atomic mass is 32.2. The molecule has 0 aliphatic heterocycles. The van der Waals surface area contributed by atoms with Crippen molar-refractivity contribution in [1.29, 1.82) is 0 Å². The summed E-state index contributed by atoms with van der Waals surface area (Å²) in [7, 11) is 5.41. The second kappa shape index (κ2) is 7.35. The zero-order chi connectivity index (χ0) is 16.9. The van der Waals surface area contributed by atoms with E-state index in [1.165, 1.54) is 5.56 Å². The Bertz CT molecular complexity index is 838. The van der Waals surface area contributed by atoms with Crippen molar-refractivity contribution < 1.29 is 4.74 Å². The summed E-state index contributed by atoms with van der Waals surface area (Å²) in [6, 6.07) is 10.2. The van der Waals surface area contributed by atoms with Crippen molar-refractivity contribution in [3.63, 3.8) is 0 Å². The number of hydrogen-bond acceptors (Lipinski definition) is 5. The maximum Gasteiger partial charge on any atom is 0.243 e. The molecular weight excluding hydrogens is 322 g/mol. The highest BCUT2D eigenvalue weighted by Gasteiger charge is 2.17. The van der Waals surface area contributed by atoms with Gasteiger partial charge in [-0.3, -0.25) is 4.68 Å². The minimum atomic E-state index is 0.550. The van der Waals surface area contributed by atoms with Gasteiger partial charge in [0.15, 0.2) is 11.0 Å². The topological polar surface area (TPSA) is 57.8 Å². The van der Waals surface area contributed by atoms with Crippen molar-refractivity contribution in [2.75, 3.05) is 12.9 Å². The Balaban J connectivity index is 1.70. The first kappa shape index (κ1) is 16.3. The van der Waals surface area contributed by atoms with Crippen LogP contribution in [0.15, 0.2) is 47.8 Å². The van der Waals surface area contributed by atoms with Gasteiger partial charge in [0, 0.05) is 26.0 Å². The van der Waals surface area contributed by atoms with Crippen LogP contribution < -0.4 is 4.74 Å². The molecule has 0 spiro atoms. The maximum absolute atomic E-state index is 5.30. The quantitative estimate of drug-likeness (QED) is 0.645. The minimum absolute atomic E-state index is 0.550. The standard InChI is InChI=1S/C17H19N5OS/c1-21-12-14(16(20-21)23-3)15-18-19-17(22(15)2)24-11-7-10-13-8-5-4-6-9-13/h4-10,12H,11H2,1-3H3/b10-7+. The van der Waals surface area contributed by atoms with Crippen molar-refractivity contribution in [2.45, 2.75) is 5.16 Å². The summed E-state index contributed by atoms with van der Waals surface area (Å²) in [6.07, 6.45) is 6.11. The number of ether oxygens (including phenoxy) is 1. The highest BCUT2D eigenvalue weighted by molar-refractivity contribution is 7.99. The lowest BCUT2D eigenvalue weighted by molar-refractivity contribution is 0.393. The van der Waals surface area contributed by atoms with Crippen LogP contribution in [0.3, 0.4) is 0 Å². The molecule has 24 heavy (non-hydrogen) atoms. The van der Waals surface area contributed by atoms with Crippen LogP contribution in [0, 0.1) is 0 Å². The van der Waals surface area contributed by atoms with Gasteiger partial charge in [0.2, 0.25) is 5.88 Å². The van der Waals surface area contributed by atoms with Crippen molar-refractivity contribution in [3.05, 3.63) is 48.2 Å². The molecule has 2 aromatic heterocycles. The van der Waals surface area contributed by atoms with E-state index in [4.69, 9.17) is 4.74 Å². The molecule has 6 nitrogen and oxygen atoms in total. The van der Waals surface area contributed by atoms with E-state index >= 15 is 0 Å². The smallest absolute Gasteiger partial charge is 0.243 e. The molecule has 0 aliphatic carbocycles. The van der Waals surface area contributed by atoms with Crippen molar-refractivity contribution in [2.24, 2.45) is 14.1 Å². The summed E-state index contributed by atoms with van der Waals surface area (Å²) >= 11 is 1.64. The Labute approximate surface area is 145 Å². The van der Waals surface area contributed by atoms with Crippen LogP contribution >= 0.6 is 11.8 Å². The summed E-state index contributed by atoms with van der Waals surface area (Å²) < 4.78 is 8.97. The van der Waals surface area contributed by atoms with Gasteiger partial charge in [0.05, 0.1) is 7.11 Å². The van der Waals surface area contributed by atoms with Gasteiger partial charge in [-0.05, 0) is 5.56 Å². The second-order valence-corrected chi connectivity index (χ2v) is 6.20. The molecule has 124 valence electrons. The zero-order valence-electron chi connectivity index (χ0n) is 13.9. The monoisotopic (exact) mass is 341 g/mol. The first-order valence-corrected chi connectivity index (χ1v) is 8.49. The number of benzene rings is 1. The fraction of sp³-hybridized carbons (Fsp3) is 0.235. The molecule has 3 rings (SSSR count). The Hall–Kier alpha value is -2.54. The number of thioether (sulfide) groups is 1. The molecule has 0 aliphatic rings. The van der Waals surface area contributed by atoms with E-state index in [1.54, 1.807) is 23.6 Å². The lowest BCUT2D eigenvalue weighted by Gasteiger charge is -2.02. The number of aryl methyl sites for hydroxylation is 1. The maximum atomic E-state index is 5.30. The first-order valence-electron chi connectivity index (χ1n) is 7.51. The molecule has 0 saturated carbocycles. The van der Waals surface area contributed by atoms with Gasteiger partial charge < -0.3 is 9.30 Å². The minimum Gasteiger partial charge on any atom is -0.479 e. The molecule has 0 fully saturated rings. The molecule has 7 heteroatoms. The van der Waals surface area contributed by atoms with E-state index < -0.39 is 0 Å². The number of methoxy groups -OCH3 is 1. The van der Waals surface area contributed by atoms with Gasteiger partial charge >= 0.3 is 0 Å². The molecule has 3 aromatic rings. The van der Waals surface area contributed by atoms with Crippen LogP contribution in [0.4, 0.5) is 0 Å². The molecule has 0 saturated heterocycles. The number of aromatic nitrogens is 5. The van der Waals surface area contributed by atoms with Crippen LogP contribution in [0.2, 0.25) is 0 Å². The van der Waals surface area contributed by atoms with Gasteiger partial charge in [-0.2, -0.15) is 0 Å². The van der Waals surface area contributed by atoms with E-state index in [0.717, 1.165) is 22.3 Å². The lowest BCUT2D eigenvalue weighted by atomic mass is 10.2. The van der Waals surface area contributed by atoms with Crippen molar-refractivity contribution >= 4 is 17.8 Å². The largest absolute Gasteiger partial charge is 0.479 e. The molecule has 2 heterocycles. The van der Waals surface area contributed by atoms with Crippen LogP contribution in [0.5, 0.6) is 5.88 Å². The Kier molecular flexibility index (Phi) is 5.00. The first-order chi connectivity index (χ1) is 11.7. The molecule has 0 amide bonds. The van der Waals surface area contributed by atoms with Crippen LogP contribution in [-0.4, -0.2) is 37.4 Å². The van der Waals surface area contributed by atoms with Gasteiger partial charge in [-0.15, -0.1) is 15.3 Å². The normalized spacial score (nSPS) is 11.3. The van der Waals surface area contributed by atoms with E-state index in [1.807, 2.05) is 43.1 Å². The summed E-state index contributed by atoms with van der Waals surface area (Å²) in [4.78, 5) is 0. The Morgan fingerprint density at radius 2 is 1.96 bits per heavy atom. The van der Waals surface area contributed by atoms with Crippen molar-refractivity contribution in [1.82, 2.24) is 24.5 Å². The average Bonchev–Trinajstić information content (AvgIpc) is 3.15. The third kappa shape index (κ3) is 3.51. The molecule has 0 radical (unpaired) electrons.